The summed E-state index contributed by atoms with van der Waals surface area (Å²) in [5.41, 5.74) is 1.29. The van der Waals surface area contributed by atoms with E-state index >= 15 is 0 Å². The van der Waals surface area contributed by atoms with Crippen molar-refractivity contribution >= 4 is 5.97 Å². The third-order valence-corrected chi connectivity index (χ3v) is 2.68. The largest absolute Gasteiger partial charge is 0.497 e. The van der Waals surface area contributed by atoms with E-state index in [1.165, 1.54) is 7.11 Å². The van der Waals surface area contributed by atoms with Crippen LogP contribution in [0.25, 0.3) is 11.3 Å². The van der Waals surface area contributed by atoms with Gasteiger partial charge >= 0.3 is 5.97 Å². The lowest BCUT2D eigenvalue weighted by atomic mass is 10.1. The molecule has 2 aromatic rings. The number of aryl methyl sites for hydroxylation is 1. The van der Waals surface area contributed by atoms with Crippen molar-refractivity contribution < 1.29 is 18.7 Å². The smallest absolute Gasteiger partial charge is 0.341 e. The number of hydrogen-bond donors (Lipinski definition) is 0. The zero-order valence-electron chi connectivity index (χ0n) is 10.5. The summed E-state index contributed by atoms with van der Waals surface area (Å²) in [7, 11) is 2.95. The summed E-state index contributed by atoms with van der Waals surface area (Å²) in [5, 5.41) is 0. The van der Waals surface area contributed by atoms with Crippen LogP contribution in [0.4, 0.5) is 0 Å². The van der Waals surface area contributed by atoms with Gasteiger partial charge in [0.2, 0.25) is 0 Å². The lowest BCUT2D eigenvalue weighted by Crippen LogP contribution is -2.00. The van der Waals surface area contributed by atoms with Crippen LogP contribution in [0.3, 0.4) is 0 Å². The average molecular weight is 246 g/mol. The van der Waals surface area contributed by atoms with Crippen LogP contribution in [0.15, 0.2) is 34.7 Å². The number of methoxy groups -OCH3 is 2. The van der Waals surface area contributed by atoms with Gasteiger partial charge in [0, 0.05) is 5.56 Å². The van der Waals surface area contributed by atoms with Crippen LogP contribution in [0.1, 0.15) is 16.1 Å². The summed E-state index contributed by atoms with van der Waals surface area (Å²) in [6.45, 7) is 1.73. The molecule has 1 heterocycles. The van der Waals surface area contributed by atoms with E-state index in [1.54, 1.807) is 20.1 Å². The molecular formula is C14H14O4. The zero-order chi connectivity index (χ0) is 13.1. The van der Waals surface area contributed by atoms with E-state index in [-0.39, 0.29) is 0 Å². The molecule has 0 spiro atoms. The fourth-order valence-corrected chi connectivity index (χ4v) is 1.71. The Morgan fingerprint density at radius 2 is 2.00 bits per heavy atom. The Morgan fingerprint density at radius 1 is 1.22 bits per heavy atom. The van der Waals surface area contributed by atoms with Crippen molar-refractivity contribution in [1.82, 2.24) is 0 Å². The van der Waals surface area contributed by atoms with Gasteiger partial charge in [-0.3, -0.25) is 0 Å². The van der Waals surface area contributed by atoms with Gasteiger partial charge in [-0.25, -0.2) is 4.79 Å². The quantitative estimate of drug-likeness (QED) is 0.781. The number of rotatable bonds is 3. The summed E-state index contributed by atoms with van der Waals surface area (Å²) >= 11 is 0. The third-order valence-electron chi connectivity index (χ3n) is 2.68. The summed E-state index contributed by atoms with van der Waals surface area (Å²) in [6, 6.07) is 9.13. The van der Waals surface area contributed by atoms with Crippen molar-refractivity contribution in [3.63, 3.8) is 0 Å². The first kappa shape index (κ1) is 12.2. The summed E-state index contributed by atoms with van der Waals surface area (Å²) in [6.07, 6.45) is 0. The van der Waals surface area contributed by atoms with Gasteiger partial charge < -0.3 is 13.9 Å². The van der Waals surface area contributed by atoms with Crippen LogP contribution < -0.4 is 4.74 Å². The van der Waals surface area contributed by atoms with Crippen LogP contribution >= 0.6 is 0 Å². The lowest BCUT2D eigenvalue weighted by Gasteiger charge is -2.01. The molecule has 0 saturated carbocycles. The van der Waals surface area contributed by atoms with Crippen molar-refractivity contribution in [2.75, 3.05) is 14.2 Å². The highest BCUT2D eigenvalue weighted by Crippen LogP contribution is 2.28. The molecule has 0 aliphatic carbocycles. The number of benzene rings is 1. The number of hydrogen-bond acceptors (Lipinski definition) is 4. The van der Waals surface area contributed by atoms with Gasteiger partial charge in [-0.15, -0.1) is 0 Å². The number of furan rings is 1. The molecule has 94 valence electrons. The Bertz CT molecular complexity index is 569. The monoisotopic (exact) mass is 246 g/mol. The number of carbonyl (C=O) groups is 1. The molecule has 0 aliphatic rings. The molecule has 0 bridgehead atoms. The topological polar surface area (TPSA) is 48.7 Å². The highest BCUT2D eigenvalue weighted by atomic mass is 16.5. The molecule has 18 heavy (non-hydrogen) atoms. The van der Waals surface area contributed by atoms with Crippen molar-refractivity contribution in [2.45, 2.75) is 6.92 Å². The van der Waals surface area contributed by atoms with Crippen LogP contribution in [0.2, 0.25) is 0 Å². The molecule has 0 atom stereocenters. The van der Waals surface area contributed by atoms with Crippen molar-refractivity contribution in [2.24, 2.45) is 0 Å². The van der Waals surface area contributed by atoms with E-state index in [0.29, 0.717) is 17.1 Å². The molecule has 0 radical (unpaired) electrons. The Kier molecular flexibility index (Phi) is 3.37. The van der Waals surface area contributed by atoms with Gasteiger partial charge in [-0.1, -0.05) is 12.1 Å². The van der Waals surface area contributed by atoms with Gasteiger partial charge in [0.25, 0.3) is 0 Å². The van der Waals surface area contributed by atoms with E-state index in [2.05, 4.69) is 4.74 Å². The van der Waals surface area contributed by atoms with Crippen LogP contribution in [-0.2, 0) is 4.74 Å². The average Bonchev–Trinajstić information content (AvgIpc) is 2.80. The second-order valence-electron chi connectivity index (χ2n) is 3.80. The highest BCUT2D eigenvalue weighted by molar-refractivity contribution is 5.91. The number of carbonyl (C=O) groups excluding carboxylic acids is 1. The number of esters is 1. The minimum Gasteiger partial charge on any atom is -0.497 e. The standard InChI is InChI=1S/C14H14O4/c1-9-12(14(15)17-3)8-13(18-9)10-5-4-6-11(7-10)16-2/h4-8H,1-3H3. The molecule has 0 amide bonds. The lowest BCUT2D eigenvalue weighted by molar-refractivity contribution is 0.0599. The highest BCUT2D eigenvalue weighted by Gasteiger charge is 2.16. The second-order valence-corrected chi connectivity index (χ2v) is 3.80. The molecule has 1 aromatic heterocycles. The first-order valence-corrected chi connectivity index (χ1v) is 5.49. The van der Waals surface area contributed by atoms with Crippen LogP contribution in [0, 0.1) is 6.92 Å². The van der Waals surface area contributed by atoms with Gasteiger partial charge in [0.15, 0.2) is 0 Å². The Morgan fingerprint density at radius 3 is 2.67 bits per heavy atom. The van der Waals surface area contributed by atoms with Gasteiger partial charge in [0.05, 0.1) is 14.2 Å². The predicted octanol–water partition coefficient (Wildman–Crippen LogP) is 3.05. The molecule has 0 unspecified atom stereocenters. The first-order valence-electron chi connectivity index (χ1n) is 5.49. The fraction of sp³-hybridized carbons (Fsp3) is 0.214. The summed E-state index contributed by atoms with van der Waals surface area (Å²) in [5.74, 6) is 1.50. The van der Waals surface area contributed by atoms with Crippen molar-refractivity contribution in [3.8, 4) is 17.1 Å². The second kappa shape index (κ2) is 4.96. The zero-order valence-corrected chi connectivity index (χ0v) is 10.5. The number of ether oxygens (including phenoxy) is 2. The van der Waals surface area contributed by atoms with E-state index in [4.69, 9.17) is 9.15 Å². The maximum absolute atomic E-state index is 11.5. The molecule has 4 heteroatoms. The third kappa shape index (κ3) is 2.22. The van der Waals surface area contributed by atoms with E-state index in [0.717, 1.165) is 11.3 Å². The molecule has 0 fully saturated rings. The predicted molar refractivity (Wildman–Crippen MR) is 66.8 cm³/mol. The Hall–Kier alpha value is -2.23. The maximum atomic E-state index is 11.5. The van der Waals surface area contributed by atoms with Crippen LogP contribution in [-0.4, -0.2) is 20.2 Å². The minimum atomic E-state index is -0.398. The van der Waals surface area contributed by atoms with E-state index < -0.39 is 5.97 Å². The van der Waals surface area contributed by atoms with Crippen molar-refractivity contribution in [1.29, 1.82) is 0 Å². The molecule has 1 aromatic carbocycles. The molecule has 0 saturated heterocycles. The van der Waals surface area contributed by atoms with Gasteiger partial charge in [-0.2, -0.15) is 0 Å². The minimum absolute atomic E-state index is 0.398. The van der Waals surface area contributed by atoms with E-state index in [9.17, 15) is 4.79 Å². The molecule has 2 rings (SSSR count). The molecule has 0 aliphatic heterocycles. The SMILES string of the molecule is COC(=O)c1cc(-c2cccc(OC)c2)oc1C. The Balaban J connectivity index is 2.42. The van der Waals surface area contributed by atoms with Crippen molar-refractivity contribution in [3.05, 3.63) is 41.7 Å². The van der Waals surface area contributed by atoms with Gasteiger partial charge in [-0.05, 0) is 25.1 Å². The first-order chi connectivity index (χ1) is 8.65. The molecule has 0 N–H and O–H groups in total. The van der Waals surface area contributed by atoms with Crippen LogP contribution in [0.5, 0.6) is 5.75 Å². The summed E-state index contributed by atoms with van der Waals surface area (Å²) < 4.78 is 15.4. The fourth-order valence-electron chi connectivity index (χ4n) is 1.71. The maximum Gasteiger partial charge on any atom is 0.341 e. The normalized spacial score (nSPS) is 10.2. The summed E-state index contributed by atoms with van der Waals surface area (Å²) in [4.78, 5) is 11.5. The van der Waals surface area contributed by atoms with E-state index in [1.807, 2.05) is 24.3 Å². The Labute approximate surface area is 105 Å². The molecule has 4 nitrogen and oxygen atoms in total. The van der Waals surface area contributed by atoms with Gasteiger partial charge in [0.1, 0.15) is 22.8 Å². The molecular weight excluding hydrogens is 232 g/mol.